The van der Waals surface area contributed by atoms with E-state index in [0.717, 1.165) is 5.56 Å². The lowest BCUT2D eigenvalue weighted by Crippen LogP contribution is -2.52. The molecule has 1 rings (SSSR count). The molecule has 0 saturated carbocycles. The van der Waals surface area contributed by atoms with Gasteiger partial charge in [0.05, 0.1) is 6.42 Å². The van der Waals surface area contributed by atoms with Crippen molar-refractivity contribution in [2.45, 2.75) is 32.0 Å². The third-order valence-electron chi connectivity index (χ3n) is 2.98. The molecule has 130 valence electrons. The summed E-state index contributed by atoms with van der Waals surface area (Å²) in [7, 11) is 0. The summed E-state index contributed by atoms with van der Waals surface area (Å²) in [6, 6.07) is 6.54. The van der Waals surface area contributed by atoms with E-state index in [2.05, 4.69) is 10.6 Å². The van der Waals surface area contributed by atoms with E-state index in [-0.39, 0.29) is 6.61 Å². The molecule has 1 aromatic rings. The van der Waals surface area contributed by atoms with Crippen molar-refractivity contribution in [3.05, 3.63) is 35.9 Å². The Hall–Kier alpha value is -3.10. The Morgan fingerprint density at radius 1 is 1.17 bits per heavy atom. The van der Waals surface area contributed by atoms with Crippen molar-refractivity contribution >= 4 is 23.9 Å². The molecule has 0 fully saturated rings. The van der Waals surface area contributed by atoms with E-state index in [0.29, 0.717) is 0 Å². The number of alkyl carbamates (subject to hydrolysis) is 1. The zero-order chi connectivity index (χ0) is 18.1. The lowest BCUT2D eigenvalue weighted by atomic mass is 10.2. The van der Waals surface area contributed by atoms with Gasteiger partial charge in [-0.1, -0.05) is 30.3 Å². The van der Waals surface area contributed by atoms with Crippen LogP contribution in [0.4, 0.5) is 4.79 Å². The quantitative estimate of drug-likeness (QED) is 0.514. The second-order valence-corrected chi connectivity index (χ2v) is 4.99. The summed E-state index contributed by atoms with van der Waals surface area (Å²) in [5, 5.41) is 13.1. The maximum Gasteiger partial charge on any atom is 0.408 e. The van der Waals surface area contributed by atoms with E-state index in [1.54, 1.807) is 24.3 Å². The Morgan fingerprint density at radius 2 is 1.79 bits per heavy atom. The van der Waals surface area contributed by atoms with Gasteiger partial charge in [0, 0.05) is 0 Å². The van der Waals surface area contributed by atoms with Crippen LogP contribution < -0.4 is 16.4 Å². The Morgan fingerprint density at radius 3 is 2.33 bits per heavy atom. The van der Waals surface area contributed by atoms with Crippen LogP contribution in [-0.4, -0.2) is 41.1 Å². The van der Waals surface area contributed by atoms with E-state index in [9.17, 15) is 19.2 Å². The highest BCUT2D eigenvalue weighted by Gasteiger charge is 2.24. The summed E-state index contributed by atoms with van der Waals surface area (Å²) in [5.74, 6) is -3.02. The number of carboxylic acids is 1. The number of nitrogens with two attached hydrogens (primary N) is 1. The molecular weight excluding hydrogens is 318 g/mol. The molecule has 5 N–H and O–H groups in total. The van der Waals surface area contributed by atoms with Crippen LogP contribution in [0.3, 0.4) is 0 Å². The molecule has 9 nitrogen and oxygen atoms in total. The van der Waals surface area contributed by atoms with Crippen LogP contribution >= 0.6 is 0 Å². The van der Waals surface area contributed by atoms with Crippen LogP contribution in [-0.2, 0) is 25.7 Å². The van der Waals surface area contributed by atoms with Gasteiger partial charge in [0.25, 0.3) is 0 Å². The van der Waals surface area contributed by atoms with Gasteiger partial charge in [0.2, 0.25) is 11.8 Å². The summed E-state index contributed by atoms with van der Waals surface area (Å²) in [6.45, 7) is 1.39. The Kier molecular flexibility index (Phi) is 7.21. The molecule has 0 bridgehead atoms. The Balaban J connectivity index is 2.45. The first-order valence-electron chi connectivity index (χ1n) is 7.08. The van der Waals surface area contributed by atoms with Crippen LogP contribution in [0, 0.1) is 0 Å². The van der Waals surface area contributed by atoms with Gasteiger partial charge in [-0.3, -0.25) is 14.4 Å². The van der Waals surface area contributed by atoms with Crippen LogP contribution in [0.1, 0.15) is 18.9 Å². The van der Waals surface area contributed by atoms with Gasteiger partial charge in [-0.05, 0) is 12.5 Å². The monoisotopic (exact) mass is 337 g/mol. The average molecular weight is 337 g/mol. The molecule has 0 spiro atoms. The lowest BCUT2D eigenvalue weighted by molar-refractivity contribution is -0.140. The molecule has 0 aromatic heterocycles. The Labute approximate surface area is 138 Å². The topological polar surface area (TPSA) is 148 Å². The molecule has 0 aliphatic heterocycles. The van der Waals surface area contributed by atoms with Crippen LogP contribution in [0.5, 0.6) is 0 Å². The second-order valence-electron chi connectivity index (χ2n) is 4.99. The van der Waals surface area contributed by atoms with Crippen molar-refractivity contribution in [3.63, 3.8) is 0 Å². The van der Waals surface area contributed by atoms with Crippen molar-refractivity contribution in [2.24, 2.45) is 5.73 Å². The van der Waals surface area contributed by atoms with E-state index in [4.69, 9.17) is 15.6 Å². The van der Waals surface area contributed by atoms with Crippen molar-refractivity contribution in [1.82, 2.24) is 10.6 Å². The van der Waals surface area contributed by atoms with E-state index in [1.165, 1.54) is 6.92 Å². The first kappa shape index (κ1) is 18.9. The summed E-state index contributed by atoms with van der Waals surface area (Å²) >= 11 is 0. The predicted octanol–water partition coefficient (Wildman–Crippen LogP) is -0.254. The number of amides is 3. The fourth-order valence-corrected chi connectivity index (χ4v) is 1.70. The number of carbonyl (C=O) groups excluding carboxylic acids is 3. The van der Waals surface area contributed by atoms with Crippen molar-refractivity contribution < 1.29 is 29.0 Å². The highest BCUT2D eigenvalue weighted by molar-refractivity contribution is 5.92. The SMILES string of the molecule is CC(NC(=O)OCc1ccccc1)C(=O)NC(CC(=O)O)C(N)=O. The molecule has 2 atom stereocenters. The molecule has 3 amide bonds. The highest BCUT2D eigenvalue weighted by atomic mass is 16.5. The number of primary amides is 1. The van der Waals surface area contributed by atoms with Crippen molar-refractivity contribution in [2.75, 3.05) is 0 Å². The second kappa shape index (κ2) is 9.13. The third-order valence-corrected chi connectivity index (χ3v) is 2.98. The maximum absolute atomic E-state index is 11.9. The standard InChI is InChI=1S/C15H19N3O6/c1-9(14(22)18-11(13(16)21)7-12(19)20)17-15(23)24-8-10-5-3-2-4-6-10/h2-6,9,11H,7-8H2,1H3,(H2,16,21)(H,17,23)(H,18,22)(H,19,20). The zero-order valence-corrected chi connectivity index (χ0v) is 13.0. The van der Waals surface area contributed by atoms with Gasteiger partial charge in [-0.25, -0.2) is 4.79 Å². The minimum atomic E-state index is -1.36. The first-order valence-corrected chi connectivity index (χ1v) is 7.08. The number of nitrogens with one attached hydrogen (secondary N) is 2. The first-order chi connectivity index (χ1) is 11.3. The summed E-state index contributed by atoms with van der Waals surface area (Å²) in [6.07, 6.45) is -1.47. The van der Waals surface area contributed by atoms with Crippen LogP contribution in [0.15, 0.2) is 30.3 Å². The third kappa shape index (κ3) is 6.77. The summed E-state index contributed by atoms with van der Waals surface area (Å²) in [5.41, 5.74) is 5.80. The predicted molar refractivity (Wildman–Crippen MR) is 82.6 cm³/mol. The lowest BCUT2D eigenvalue weighted by Gasteiger charge is -2.18. The van der Waals surface area contributed by atoms with E-state index >= 15 is 0 Å². The molecule has 0 saturated heterocycles. The van der Waals surface area contributed by atoms with Gasteiger partial charge in [-0.2, -0.15) is 0 Å². The molecule has 9 heteroatoms. The number of carbonyl (C=O) groups is 4. The molecule has 0 aliphatic rings. The van der Waals surface area contributed by atoms with Gasteiger partial charge >= 0.3 is 12.1 Å². The molecule has 0 aliphatic carbocycles. The Bertz CT molecular complexity index is 604. The fraction of sp³-hybridized carbons (Fsp3) is 0.333. The molecule has 1 aromatic carbocycles. The number of rotatable bonds is 8. The average Bonchev–Trinajstić information content (AvgIpc) is 2.52. The summed E-state index contributed by atoms with van der Waals surface area (Å²) in [4.78, 5) is 45.2. The number of benzene rings is 1. The molecule has 2 unspecified atom stereocenters. The minimum Gasteiger partial charge on any atom is -0.481 e. The largest absolute Gasteiger partial charge is 0.481 e. The maximum atomic E-state index is 11.9. The smallest absolute Gasteiger partial charge is 0.408 e. The highest BCUT2D eigenvalue weighted by Crippen LogP contribution is 2.01. The number of aliphatic carboxylic acids is 1. The normalized spacial score (nSPS) is 12.5. The number of carboxylic acid groups (broad SMARTS) is 1. The van der Waals surface area contributed by atoms with Crippen molar-refractivity contribution in [3.8, 4) is 0 Å². The molecule has 0 radical (unpaired) electrons. The zero-order valence-electron chi connectivity index (χ0n) is 13.0. The van der Waals surface area contributed by atoms with Gasteiger partial charge in [0.1, 0.15) is 18.7 Å². The minimum absolute atomic E-state index is 0.0317. The van der Waals surface area contributed by atoms with Gasteiger partial charge < -0.3 is 26.2 Å². The van der Waals surface area contributed by atoms with E-state index < -0.39 is 42.4 Å². The van der Waals surface area contributed by atoms with Crippen LogP contribution in [0.2, 0.25) is 0 Å². The van der Waals surface area contributed by atoms with Gasteiger partial charge in [0.15, 0.2) is 0 Å². The molecule has 0 heterocycles. The van der Waals surface area contributed by atoms with Crippen molar-refractivity contribution in [1.29, 1.82) is 0 Å². The summed E-state index contributed by atoms with van der Waals surface area (Å²) < 4.78 is 4.95. The molecular formula is C15H19N3O6. The number of hydrogen-bond acceptors (Lipinski definition) is 5. The van der Waals surface area contributed by atoms with Gasteiger partial charge in [-0.15, -0.1) is 0 Å². The number of ether oxygens (including phenoxy) is 1. The number of hydrogen-bond donors (Lipinski definition) is 4. The van der Waals surface area contributed by atoms with E-state index in [1.807, 2.05) is 6.07 Å². The fourth-order valence-electron chi connectivity index (χ4n) is 1.70. The molecule has 24 heavy (non-hydrogen) atoms. The van der Waals surface area contributed by atoms with Crippen LogP contribution in [0.25, 0.3) is 0 Å².